The number of anilines is 1. The number of nitrogens with zero attached hydrogens (tertiary/aromatic N) is 2. The van der Waals surface area contributed by atoms with E-state index in [1.165, 1.54) is 26.0 Å². The van der Waals surface area contributed by atoms with Crippen LogP contribution >= 0.6 is 0 Å². The first-order valence-electron chi connectivity index (χ1n) is 8.06. The third-order valence-corrected chi connectivity index (χ3v) is 4.24. The highest BCUT2D eigenvalue weighted by Gasteiger charge is 2.24. The highest BCUT2D eigenvalue weighted by Crippen LogP contribution is 2.33. The number of piperidine rings is 1. The van der Waals surface area contributed by atoms with Crippen molar-refractivity contribution in [3.63, 3.8) is 0 Å². The lowest BCUT2D eigenvalue weighted by molar-refractivity contribution is -0.384. The summed E-state index contributed by atoms with van der Waals surface area (Å²) in [5.41, 5.74) is 0.0666. The predicted molar refractivity (Wildman–Crippen MR) is 87.6 cm³/mol. The Morgan fingerprint density at radius 2 is 2.13 bits per heavy atom. The first-order chi connectivity index (χ1) is 11.0. The zero-order valence-electron chi connectivity index (χ0n) is 13.7. The molecular formula is C16H24FN3O3. The molecule has 0 bridgehead atoms. The molecule has 1 aliphatic heterocycles. The number of unbranched alkanes of at least 4 members (excludes halogenated alkanes) is 1. The molecule has 0 unspecified atom stereocenters. The number of nitrogens with one attached hydrogen (secondary N) is 1. The minimum Gasteiger partial charge on any atom is -0.494 e. The number of nitro benzene ring substituents is 1. The van der Waals surface area contributed by atoms with Gasteiger partial charge in [-0.15, -0.1) is 0 Å². The molecule has 0 aromatic heterocycles. The van der Waals surface area contributed by atoms with Crippen molar-refractivity contribution in [2.45, 2.75) is 38.6 Å². The Morgan fingerprint density at radius 1 is 1.43 bits per heavy atom. The summed E-state index contributed by atoms with van der Waals surface area (Å²) >= 11 is 0. The van der Waals surface area contributed by atoms with Crippen molar-refractivity contribution < 1.29 is 14.1 Å². The Hall–Kier alpha value is -1.89. The van der Waals surface area contributed by atoms with Gasteiger partial charge in [-0.05, 0) is 25.8 Å². The van der Waals surface area contributed by atoms with Crippen molar-refractivity contribution in [1.82, 2.24) is 4.90 Å². The van der Waals surface area contributed by atoms with Gasteiger partial charge in [0.2, 0.25) is 0 Å². The number of nitro groups is 1. The Kier molecular flexibility index (Phi) is 6.15. The molecule has 6 nitrogen and oxygen atoms in total. The van der Waals surface area contributed by atoms with E-state index in [4.69, 9.17) is 4.74 Å². The molecule has 7 heteroatoms. The summed E-state index contributed by atoms with van der Waals surface area (Å²) in [5, 5.41) is 14.3. The largest absolute Gasteiger partial charge is 0.494 e. The molecule has 0 amide bonds. The van der Waals surface area contributed by atoms with E-state index < -0.39 is 10.7 Å². The van der Waals surface area contributed by atoms with Crippen molar-refractivity contribution in [2.75, 3.05) is 32.1 Å². The lowest BCUT2D eigenvalue weighted by atomic mass is 10.0. The zero-order valence-corrected chi connectivity index (χ0v) is 13.7. The van der Waals surface area contributed by atoms with Crippen LogP contribution in [0.4, 0.5) is 15.8 Å². The number of benzene rings is 1. The van der Waals surface area contributed by atoms with Gasteiger partial charge in [0.1, 0.15) is 5.69 Å². The minimum atomic E-state index is -0.723. The third-order valence-electron chi connectivity index (χ3n) is 4.24. The number of rotatable bonds is 7. The maximum absolute atomic E-state index is 13.7. The fourth-order valence-corrected chi connectivity index (χ4v) is 2.87. The summed E-state index contributed by atoms with van der Waals surface area (Å²) in [6.45, 7) is 5.23. The molecule has 1 N–H and O–H groups in total. The molecule has 1 aliphatic rings. The molecule has 2 rings (SSSR count). The van der Waals surface area contributed by atoms with Gasteiger partial charge in [-0.1, -0.05) is 13.3 Å². The smallest absolute Gasteiger partial charge is 0.295 e. The monoisotopic (exact) mass is 325 g/mol. The zero-order chi connectivity index (χ0) is 16.8. The molecule has 0 radical (unpaired) electrons. The van der Waals surface area contributed by atoms with Gasteiger partial charge in [-0.25, -0.2) is 4.39 Å². The predicted octanol–water partition coefficient (Wildman–Crippen LogP) is 3.42. The van der Waals surface area contributed by atoms with E-state index in [0.29, 0.717) is 5.69 Å². The maximum atomic E-state index is 13.7. The van der Waals surface area contributed by atoms with E-state index in [-0.39, 0.29) is 17.5 Å². The average molecular weight is 325 g/mol. The van der Waals surface area contributed by atoms with Crippen LogP contribution in [0.1, 0.15) is 32.6 Å². The minimum absolute atomic E-state index is 0.0125. The van der Waals surface area contributed by atoms with Gasteiger partial charge in [0.05, 0.1) is 18.1 Å². The molecule has 1 aromatic rings. The van der Waals surface area contributed by atoms with Crippen LogP contribution in [0.25, 0.3) is 0 Å². The molecule has 0 saturated carbocycles. The molecule has 0 atom stereocenters. The number of methoxy groups -OCH3 is 1. The molecular weight excluding hydrogens is 301 g/mol. The van der Waals surface area contributed by atoms with E-state index in [2.05, 4.69) is 17.1 Å². The number of likely N-dealkylation sites (tertiary alicyclic amines) is 1. The second kappa shape index (κ2) is 8.10. The van der Waals surface area contributed by atoms with Crippen LogP contribution in [0.15, 0.2) is 12.1 Å². The van der Waals surface area contributed by atoms with Crippen molar-refractivity contribution in [1.29, 1.82) is 0 Å². The van der Waals surface area contributed by atoms with Crippen LogP contribution < -0.4 is 10.1 Å². The van der Waals surface area contributed by atoms with Crippen LogP contribution in [-0.2, 0) is 0 Å². The van der Waals surface area contributed by atoms with Crippen LogP contribution in [-0.4, -0.2) is 42.6 Å². The van der Waals surface area contributed by atoms with E-state index in [1.54, 1.807) is 0 Å². The van der Waals surface area contributed by atoms with Crippen LogP contribution in [0.3, 0.4) is 0 Å². The molecule has 0 spiro atoms. The second-order valence-corrected chi connectivity index (χ2v) is 5.87. The molecule has 23 heavy (non-hydrogen) atoms. The molecule has 128 valence electrons. The molecule has 1 heterocycles. The second-order valence-electron chi connectivity index (χ2n) is 5.87. The number of hydrogen-bond acceptors (Lipinski definition) is 5. The van der Waals surface area contributed by atoms with Crippen molar-refractivity contribution in [3.8, 4) is 5.75 Å². The summed E-state index contributed by atoms with van der Waals surface area (Å²) in [6.07, 6.45) is 4.21. The van der Waals surface area contributed by atoms with E-state index >= 15 is 0 Å². The SMILES string of the molecule is CCCCN1CCC(Nc2cc(OC)c(F)cc2[N+](=O)[O-])CC1. The Balaban J connectivity index is 2.04. The summed E-state index contributed by atoms with van der Waals surface area (Å²) in [4.78, 5) is 13.0. The van der Waals surface area contributed by atoms with Crippen LogP contribution in [0.5, 0.6) is 5.75 Å². The third kappa shape index (κ3) is 4.54. The number of hydrogen-bond donors (Lipinski definition) is 1. The highest BCUT2D eigenvalue weighted by atomic mass is 19.1. The summed E-state index contributed by atoms with van der Waals surface area (Å²) in [7, 11) is 1.35. The molecule has 0 aliphatic carbocycles. The molecule has 1 aromatic carbocycles. The molecule has 1 fully saturated rings. The van der Waals surface area contributed by atoms with E-state index in [9.17, 15) is 14.5 Å². The van der Waals surface area contributed by atoms with Gasteiger partial charge < -0.3 is 15.0 Å². The van der Waals surface area contributed by atoms with Crippen LogP contribution in [0, 0.1) is 15.9 Å². The van der Waals surface area contributed by atoms with Gasteiger partial charge in [-0.3, -0.25) is 10.1 Å². The first kappa shape index (κ1) is 17.5. The maximum Gasteiger partial charge on any atom is 0.295 e. The lowest BCUT2D eigenvalue weighted by Crippen LogP contribution is -2.39. The number of ether oxygens (including phenoxy) is 1. The van der Waals surface area contributed by atoms with Gasteiger partial charge in [0.25, 0.3) is 5.69 Å². The van der Waals surface area contributed by atoms with Gasteiger partial charge in [0, 0.05) is 25.2 Å². The topological polar surface area (TPSA) is 67.6 Å². The summed E-state index contributed by atoms with van der Waals surface area (Å²) in [5.74, 6) is -0.711. The van der Waals surface area contributed by atoms with Gasteiger partial charge in [-0.2, -0.15) is 0 Å². The fraction of sp³-hybridized carbons (Fsp3) is 0.625. The number of halogens is 1. The summed E-state index contributed by atoms with van der Waals surface area (Å²) in [6, 6.07) is 2.44. The standard InChI is InChI=1S/C16H24FN3O3/c1-3-4-7-19-8-5-12(6-9-19)18-14-11-16(23-2)13(17)10-15(14)20(21)22/h10-12,18H,3-9H2,1-2H3. The quantitative estimate of drug-likeness (QED) is 0.614. The normalized spacial score (nSPS) is 16.3. The Morgan fingerprint density at radius 3 is 2.70 bits per heavy atom. The lowest BCUT2D eigenvalue weighted by Gasteiger charge is -2.32. The molecule has 1 saturated heterocycles. The van der Waals surface area contributed by atoms with E-state index in [1.807, 2.05) is 0 Å². The van der Waals surface area contributed by atoms with Crippen LogP contribution in [0.2, 0.25) is 0 Å². The Bertz CT molecular complexity index is 546. The Labute approximate surface area is 135 Å². The first-order valence-corrected chi connectivity index (χ1v) is 8.06. The van der Waals surface area contributed by atoms with Crippen molar-refractivity contribution in [3.05, 3.63) is 28.1 Å². The van der Waals surface area contributed by atoms with Crippen molar-refractivity contribution >= 4 is 11.4 Å². The summed E-state index contributed by atoms with van der Waals surface area (Å²) < 4.78 is 18.6. The van der Waals surface area contributed by atoms with Gasteiger partial charge >= 0.3 is 0 Å². The highest BCUT2D eigenvalue weighted by molar-refractivity contribution is 5.65. The van der Waals surface area contributed by atoms with Crippen molar-refractivity contribution in [2.24, 2.45) is 0 Å². The van der Waals surface area contributed by atoms with Gasteiger partial charge in [0.15, 0.2) is 11.6 Å². The average Bonchev–Trinajstić information content (AvgIpc) is 2.55. The van der Waals surface area contributed by atoms with E-state index in [0.717, 1.165) is 38.5 Å². The fourth-order valence-electron chi connectivity index (χ4n) is 2.87.